The minimum absolute atomic E-state index is 0.0512. The number of sulfonamides is 1. The van der Waals surface area contributed by atoms with E-state index in [1.165, 1.54) is 24.3 Å². The molecule has 0 spiro atoms. The maximum atomic E-state index is 12.9. The smallest absolute Gasteiger partial charge is 0.280 e. The number of anilines is 1. The fourth-order valence-corrected chi connectivity index (χ4v) is 3.21. The number of hydrogen-bond donors (Lipinski definition) is 1. The van der Waals surface area contributed by atoms with Crippen molar-refractivity contribution in [2.24, 2.45) is 0 Å². The molecular formula is C16H10F6N2O2S. The number of hydrogen-bond acceptors (Lipinski definition) is 3. The molecule has 0 aliphatic heterocycles. The van der Waals surface area contributed by atoms with E-state index in [1.807, 2.05) is 10.8 Å². The van der Waals surface area contributed by atoms with Gasteiger partial charge in [-0.25, -0.2) is 8.42 Å². The molecule has 4 nitrogen and oxygen atoms in total. The Hall–Kier alpha value is -2.74. The predicted octanol–water partition coefficient (Wildman–Crippen LogP) is 4.59. The molecule has 27 heavy (non-hydrogen) atoms. The number of benzene rings is 2. The number of halogens is 6. The van der Waals surface area contributed by atoms with Gasteiger partial charge >= 0.3 is 12.4 Å². The van der Waals surface area contributed by atoms with Crippen molar-refractivity contribution in [1.29, 1.82) is 5.26 Å². The summed E-state index contributed by atoms with van der Waals surface area (Å²) >= 11 is 0. The van der Waals surface area contributed by atoms with Gasteiger partial charge in [0.25, 0.3) is 10.0 Å². The topological polar surface area (TPSA) is 70.0 Å². The van der Waals surface area contributed by atoms with E-state index in [0.29, 0.717) is 5.56 Å². The first-order valence-corrected chi connectivity index (χ1v) is 8.59. The van der Waals surface area contributed by atoms with E-state index in [1.54, 1.807) is 0 Å². The maximum absolute atomic E-state index is 12.9. The van der Waals surface area contributed by atoms with E-state index >= 15 is 0 Å². The summed E-state index contributed by atoms with van der Waals surface area (Å²) in [6.45, 7) is 0. The molecule has 0 aliphatic carbocycles. The second-order valence-electron chi connectivity index (χ2n) is 5.38. The molecule has 0 atom stereocenters. The first kappa shape index (κ1) is 20.6. The van der Waals surface area contributed by atoms with Crippen molar-refractivity contribution < 1.29 is 34.8 Å². The summed E-state index contributed by atoms with van der Waals surface area (Å²) < 4.78 is 104. The van der Waals surface area contributed by atoms with Crippen molar-refractivity contribution in [3.8, 4) is 6.07 Å². The Kier molecular flexibility index (Phi) is 5.42. The van der Waals surface area contributed by atoms with Crippen molar-refractivity contribution in [2.45, 2.75) is 23.7 Å². The van der Waals surface area contributed by atoms with Crippen LogP contribution in [0.4, 0.5) is 32.0 Å². The van der Waals surface area contributed by atoms with Gasteiger partial charge in [-0.2, -0.15) is 31.6 Å². The van der Waals surface area contributed by atoms with Gasteiger partial charge < -0.3 is 0 Å². The second kappa shape index (κ2) is 7.11. The molecule has 2 aromatic carbocycles. The Morgan fingerprint density at radius 3 is 1.78 bits per heavy atom. The average molecular weight is 408 g/mol. The first-order valence-electron chi connectivity index (χ1n) is 7.11. The monoisotopic (exact) mass is 408 g/mol. The van der Waals surface area contributed by atoms with E-state index in [-0.39, 0.29) is 30.3 Å². The standard InChI is InChI=1S/C16H10F6N2O2S/c17-15(18,19)11-7-12(16(20,21)22)9-14(8-11)27(25,26)24-13-3-1-10(2-4-13)5-6-23/h1-4,7-9,24H,5H2. The number of nitriles is 1. The van der Waals surface area contributed by atoms with E-state index in [0.717, 1.165) is 0 Å². The third kappa shape index (κ3) is 5.13. The zero-order chi connectivity index (χ0) is 20.5. The van der Waals surface area contributed by atoms with Crippen LogP contribution in [0.1, 0.15) is 16.7 Å². The Morgan fingerprint density at radius 1 is 0.889 bits per heavy atom. The normalized spacial score (nSPS) is 12.5. The fraction of sp³-hybridized carbons (Fsp3) is 0.188. The highest BCUT2D eigenvalue weighted by Gasteiger charge is 2.38. The highest BCUT2D eigenvalue weighted by atomic mass is 32.2. The molecule has 2 rings (SSSR count). The Balaban J connectivity index is 2.46. The van der Waals surface area contributed by atoms with Crippen molar-refractivity contribution in [3.63, 3.8) is 0 Å². The Bertz CT molecular complexity index is 942. The van der Waals surface area contributed by atoms with Crippen molar-refractivity contribution in [2.75, 3.05) is 4.72 Å². The van der Waals surface area contributed by atoms with Gasteiger partial charge in [-0.05, 0) is 35.9 Å². The van der Waals surface area contributed by atoms with Crippen molar-refractivity contribution in [1.82, 2.24) is 0 Å². The minimum atomic E-state index is -5.16. The first-order chi connectivity index (χ1) is 12.3. The van der Waals surface area contributed by atoms with Crippen LogP contribution in [0, 0.1) is 11.3 Å². The van der Waals surface area contributed by atoms with Gasteiger partial charge in [0, 0.05) is 5.69 Å². The van der Waals surface area contributed by atoms with Crippen LogP contribution in [-0.2, 0) is 28.8 Å². The van der Waals surface area contributed by atoms with Crippen LogP contribution in [0.25, 0.3) is 0 Å². The molecule has 0 unspecified atom stereocenters. The predicted molar refractivity (Wildman–Crippen MR) is 83.0 cm³/mol. The lowest BCUT2D eigenvalue weighted by Gasteiger charge is -2.15. The van der Waals surface area contributed by atoms with E-state index in [9.17, 15) is 34.8 Å². The van der Waals surface area contributed by atoms with Gasteiger partial charge in [0.15, 0.2) is 0 Å². The van der Waals surface area contributed by atoms with E-state index in [4.69, 9.17) is 5.26 Å². The fourth-order valence-electron chi connectivity index (χ4n) is 2.08. The number of nitrogens with zero attached hydrogens (tertiary/aromatic N) is 1. The molecule has 144 valence electrons. The van der Waals surface area contributed by atoms with Crippen LogP contribution in [0.5, 0.6) is 0 Å². The molecule has 2 aromatic rings. The van der Waals surface area contributed by atoms with Gasteiger partial charge in [-0.3, -0.25) is 4.72 Å². The molecule has 0 aromatic heterocycles. The van der Waals surface area contributed by atoms with Crippen LogP contribution >= 0.6 is 0 Å². The zero-order valence-corrected chi connectivity index (χ0v) is 14.0. The lowest BCUT2D eigenvalue weighted by atomic mass is 10.1. The number of alkyl halides is 6. The lowest BCUT2D eigenvalue weighted by Crippen LogP contribution is -2.17. The summed E-state index contributed by atoms with van der Waals surface area (Å²) in [5, 5.41) is 8.56. The minimum Gasteiger partial charge on any atom is -0.280 e. The average Bonchev–Trinajstić information content (AvgIpc) is 2.54. The molecule has 0 saturated carbocycles. The highest BCUT2D eigenvalue weighted by Crippen LogP contribution is 2.37. The molecule has 0 bridgehead atoms. The maximum Gasteiger partial charge on any atom is 0.416 e. The molecular weight excluding hydrogens is 398 g/mol. The molecule has 0 saturated heterocycles. The lowest BCUT2D eigenvalue weighted by molar-refractivity contribution is -0.143. The number of nitrogens with one attached hydrogen (secondary N) is 1. The summed E-state index contributed by atoms with van der Waals surface area (Å²) in [7, 11) is -4.72. The summed E-state index contributed by atoms with van der Waals surface area (Å²) in [5.74, 6) is 0. The van der Waals surface area contributed by atoms with Gasteiger partial charge in [0.2, 0.25) is 0 Å². The van der Waals surface area contributed by atoms with Crippen molar-refractivity contribution in [3.05, 3.63) is 59.2 Å². The van der Waals surface area contributed by atoms with Crippen LogP contribution in [-0.4, -0.2) is 8.42 Å². The van der Waals surface area contributed by atoms with Crippen molar-refractivity contribution >= 4 is 15.7 Å². The third-order valence-corrected chi connectivity index (χ3v) is 4.72. The summed E-state index contributed by atoms with van der Waals surface area (Å²) in [6, 6.07) is 7.23. The SMILES string of the molecule is N#CCc1ccc(NS(=O)(=O)c2cc(C(F)(F)F)cc(C(F)(F)F)c2)cc1. The second-order valence-corrected chi connectivity index (χ2v) is 7.06. The third-order valence-electron chi connectivity index (χ3n) is 3.36. The molecule has 0 fully saturated rings. The van der Waals surface area contributed by atoms with E-state index in [2.05, 4.69) is 0 Å². The molecule has 0 aliphatic rings. The van der Waals surface area contributed by atoms with Crippen LogP contribution in [0.3, 0.4) is 0 Å². The van der Waals surface area contributed by atoms with E-state index < -0.39 is 38.4 Å². The Labute approximate surface area is 150 Å². The van der Waals surface area contributed by atoms with Gasteiger partial charge in [-0.15, -0.1) is 0 Å². The quantitative estimate of drug-likeness (QED) is 0.753. The van der Waals surface area contributed by atoms with Gasteiger partial charge in [-0.1, -0.05) is 12.1 Å². The van der Waals surface area contributed by atoms with Gasteiger partial charge in [0.1, 0.15) is 0 Å². The Morgan fingerprint density at radius 2 is 1.37 bits per heavy atom. The van der Waals surface area contributed by atoms with Crippen LogP contribution < -0.4 is 4.72 Å². The zero-order valence-electron chi connectivity index (χ0n) is 13.2. The summed E-state index contributed by atoms with van der Waals surface area (Å²) in [4.78, 5) is -1.18. The molecule has 0 amide bonds. The highest BCUT2D eigenvalue weighted by molar-refractivity contribution is 7.92. The van der Waals surface area contributed by atoms with Gasteiger partial charge in [0.05, 0.1) is 28.5 Å². The van der Waals surface area contributed by atoms with Crippen LogP contribution in [0.15, 0.2) is 47.4 Å². The summed E-state index contributed by atoms with van der Waals surface area (Å²) in [6.07, 6.45) is -10.3. The molecule has 0 radical (unpaired) electrons. The molecule has 11 heteroatoms. The molecule has 0 heterocycles. The summed E-state index contributed by atoms with van der Waals surface area (Å²) in [5.41, 5.74) is -2.99. The number of rotatable bonds is 4. The largest absolute Gasteiger partial charge is 0.416 e. The molecule has 1 N–H and O–H groups in total. The van der Waals surface area contributed by atoms with Crippen LogP contribution in [0.2, 0.25) is 0 Å².